The van der Waals surface area contributed by atoms with Crippen LogP contribution in [-0.2, 0) is 4.74 Å². The predicted octanol–water partition coefficient (Wildman–Crippen LogP) is 3.67. The number of carbonyl (C=O) groups excluding carboxylic acids is 1. The van der Waals surface area contributed by atoms with Gasteiger partial charge in [-0.05, 0) is 36.2 Å². The van der Waals surface area contributed by atoms with Crippen molar-refractivity contribution in [3.05, 3.63) is 59.9 Å². The lowest BCUT2D eigenvalue weighted by atomic mass is 10.00. The zero-order valence-corrected chi connectivity index (χ0v) is 10.0. The van der Waals surface area contributed by atoms with Gasteiger partial charge in [-0.25, -0.2) is 9.18 Å². The van der Waals surface area contributed by atoms with Crippen molar-refractivity contribution < 1.29 is 13.9 Å². The normalized spacial score (nSPS) is 10.1. The number of hydrogen-bond donors (Lipinski definition) is 0. The van der Waals surface area contributed by atoms with Crippen molar-refractivity contribution in [2.45, 2.75) is 6.92 Å². The van der Waals surface area contributed by atoms with E-state index in [0.717, 1.165) is 11.1 Å². The summed E-state index contributed by atoms with van der Waals surface area (Å²) < 4.78 is 17.9. The van der Waals surface area contributed by atoms with Crippen LogP contribution in [0.5, 0.6) is 0 Å². The molecular weight excluding hydrogens is 231 g/mol. The molecule has 0 radical (unpaired) electrons. The lowest BCUT2D eigenvalue weighted by molar-refractivity contribution is 0.0527. The molecule has 92 valence electrons. The van der Waals surface area contributed by atoms with E-state index in [1.165, 1.54) is 12.1 Å². The molecule has 2 rings (SSSR count). The Bertz CT molecular complexity index is 547. The van der Waals surface area contributed by atoms with Gasteiger partial charge in [0.2, 0.25) is 0 Å². The first kappa shape index (κ1) is 12.3. The molecule has 0 aliphatic rings. The Morgan fingerprint density at radius 2 is 1.78 bits per heavy atom. The molecule has 0 bridgehead atoms. The van der Waals surface area contributed by atoms with Gasteiger partial charge in [0.1, 0.15) is 5.82 Å². The standard InChI is InChI=1S/C15H13FO2/c1-2-18-15(17)14-6-4-3-5-13(14)11-7-9-12(16)10-8-11/h3-10H,2H2,1H3. The highest BCUT2D eigenvalue weighted by atomic mass is 19.1. The Kier molecular flexibility index (Phi) is 3.72. The topological polar surface area (TPSA) is 26.3 Å². The maximum absolute atomic E-state index is 12.9. The second kappa shape index (κ2) is 5.45. The summed E-state index contributed by atoms with van der Waals surface area (Å²) in [6.07, 6.45) is 0. The maximum atomic E-state index is 12.9. The van der Waals surface area contributed by atoms with Gasteiger partial charge in [-0.2, -0.15) is 0 Å². The lowest BCUT2D eigenvalue weighted by Crippen LogP contribution is -2.06. The molecule has 0 N–H and O–H groups in total. The van der Waals surface area contributed by atoms with Gasteiger partial charge in [0.25, 0.3) is 0 Å². The van der Waals surface area contributed by atoms with Crippen molar-refractivity contribution in [2.75, 3.05) is 6.61 Å². The third kappa shape index (κ3) is 2.56. The van der Waals surface area contributed by atoms with E-state index < -0.39 is 0 Å². The SMILES string of the molecule is CCOC(=O)c1ccccc1-c1ccc(F)cc1. The van der Waals surface area contributed by atoms with Crippen LogP contribution < -0.4 is 0 Å². The van der Waals surface area contributed by atoms with Crippen LogP contribution >= 0.6 is 0 Å². The van der Waals surface area contributed by atoms with Crippen LogP contribution in [0.25, 0.3) is 11.1 Å². The minimum absolute atomic E-state index is 0.299. The average Bonchev–Trinajstić information content (AvgIpc) is 2.40. The molecule has 0 aliphatic heterocycles. The molecule has 0 aliphatic carbocycles. The molecule has 0 unspecified atom stereocenters. The second-order valence-corrected chi connectivity index (χ2v) is 3.77. The molecule has 0 aromatic heterocycles. The van der Waals surface area contributed by atoms with Gasteiger partial charge in [0.05, 0.1) is 12.2 Å². The Balaban J connectivity index is 2.44. The van der Waals surface area contributed by atoms with E-state index in [0.29, 0.717) is 12.2 Å². The molecule has 3 heteroatoms. The highest BCUT2D eigenvalue weighted by molar-refractivity contribution is 5.97. The average molecular weight is 244 g/mol. The Hall–Kier alpha value is -2.16. The second-order valence-electron chi connectivity index (χ2n) is 3.77. The van der Waals surface area contributed by atoms with Crippen LogP contribution in [0.4, 0.5) is 4.39 Å². The van der Waals surface area contributed by atoms with Gasteiger partial charge in [0, 0.05) is 0 Å². The van der Waals surface area contributed by atoms with Crippen molar-refractivity contribution in [3.8, 4) is 11.1 Å². The third-order valence-electron chi connectivity index (χ3n) is 2.58. The molecule has 0 spiro atoms. The van der Waals surface area contributed by atoms with Crippen molar-refractivity contribution in [1.82, 2.24) is 0 Å². The Morgan fingerprint density at radius 1 is 1.11 bits per heavy atom. The van der Waals surface area contributed by atoms with E-state index in [2.05, 4.69) is 0 Å². The number of carbonyl (C=O) groups is 1. The summed E-state index contributed by atoms with van der Waals surface area (Å²) in [5, 5.41) is 0. The predicted molar refractivity (Wildman–Crippen MR) is 67.8 cm³/mol. The van der Waals surface area contributed by atoms with E-state index in [1.54, 1.807) is 31.2 Å². The first-order valence-electron chi connectivity index (χ1n) is 5.74. The quantitative estimate of drug-likeness (QED) is 0.770. The van der Waals surface area contributed by atoms with E-state index >= 15 is 0 Å². The molecule has 0 saturated heterocycles. The lowest BCUT2D eigenvalue weighted by Gasteiger charge is -2.08. The smallest absolute Gasteiger partial charge is 0.338 e. The highest BCUT2D eigenvalue weighted by Crippen LogP contribution is 2.24. The zero-order valence-electron chi connectivity index (χ0n) is 10.0. The Morgan fingerprint density at radius 3 is 2.44 bits per heavy atom. The van der Waals surface area contributed by atoms with E-state index in [9.17, 15) is 9.18 Å². The molecule has 0 fully saturated rings. The van der Waals surface area contributed by atoms with Crippen LogP contribution in [0.2, 0.25) is 0 Å². The summed E-state index contributed by atoms with van der Waals surface area (Å²) in [6, 6.07) is 13.2. The monoisotopic (exact) mass is 244 g/mol. The van der Waals surface area contributed by atoms with Gasteiger partial charge >= 0.3 is 5.97 Å². The number of halogens is 1. The van der Waals surface area contributed by atoms with E-state index in [-0.39, 0.29) is 11.8 Å². The molecule has 0 saturated carbocycles. The number of benzene rings is 2. The maximum Gasteiger partial charge on any atom is 0.338 e. The third-order valence-corrected chi connectivity index (χ3v) is 2.58. The summed E-state index contributed by atoms with van der Waals surface area (Å²) in [6.45, 7) is 2.09. The number of ether oxygens (including phenoxy) is 1. The summed E-state index contributed by atoms with van der Waals surface area (Å²) in [7, 11) is 0. The van der Waals surface area contributed by atoms with Gasteiger partial charge in [-0.3, -0.25) is 0 Å². The van der Waals surface area contributed by atoms with E-state index in [4.69, 9.17) is 4.74 Å². The molecule has 2 nitrogen and oxygen atoms in total. The van der Waals surface area contributed by atoms with Crippen LogP contribution in [0, 0.1) is 5.82 Å². The van der Waals surface area contributed by atoms with Gasteiger partial charge in [-0.15, -0.1) is 0 Å². The van der Waals surface area contributed by atoms with Crippen LogP contribution in [0.3, 0.4) is 0 Å². The molecule has 0 amide bonds. The molecule has 0 atom stereocenters. The largest absolute Gasteiger partial charge is 0.462 e. The number of rotatable bonds is 3. The summed E-state index contributed by atoms with van der Waals surface area (Å²) in [5.41, 5.74) is 2.03. The van der Waals surface area contributed by atoms with Crippen molar-refractivity contribution >= 4 is 5.97 Å². The molecular formula is C15H13FO2. The van der Waals surface area contributed by atoms with Crippen LogP contribution in [-0.4, -0.2) is 12.6 Å². The zero-order chi connectivity index (χ0) is 13.0. The Labute approximate surface area is 105 Å². The van der Waals surface area contributed by atoms with Crippen LogP contribution in [0.1, 0.15) is 17.3 Å². The molecule has 2 aromatic carbocycles. The fourth-order valence-corrected chi connectivity index (χ4v) is 1.75. The van der Waals surface area contributed by atoms with Gasteiger partial charge < -0.3 is 4.74 Å². The minimum atomic E-state index is -0.363. The summed E-state index contributed by atoms with van der Waals surface area (Å²) in [4.78, 5) is 11.8. The fourth-order valence-electron chi connectivity index (χ4n) is 1.75. The van der Waals surface area contributed by atoms with Crippen molar-refractivity contribution in [1.29, 1.82) is 0 Å². The fraction of sp³-hybridized carbons (Fsp3) is 0.133. The molecule has 18 heavy (non-hydrogen) atoms. The highest BCUT2D eigenvalue weighted by Gasteiger charge is 2.12. The van der Waals surface area contributed by atoms with Crippen LogP contribution in [0.15, 0.2) is 48.5 Å². The van der Waals surface area contributed by atoms with Crippen molar-refractivity contribution in [2.24, 2.45) is 0 Å². The minimum Gasteiger partial charge on any atom is -0.462 e. The van der Waals surface area contributed by atoms with E-state index in [1.807, 2.05) is 12.1 Å². The molecule has 0 heterocycles. The first-order chi connectivity index (χ1) is 8.72. The van der Waals surface area contributed by atoms with Crippen molar-refractivity contribution in [3.63, 3.8) is 0 Å². The first-order valence-corrected chi connectivity index (χ1v) is 5.74. The van der Waals surface area contributed by atoms with Gasteiger partial charge in [0.15, 0.2) is 0 Å². The number of hydrogen-bond acceptors (Lipinski definition) is 2. The van der Waals surface area contributed by atoms with Gasteiger partial charge in [-0.1, -0.05) is 30.3 Å². The molecule has 2 aromatic rings. The number of esters is 1. The summed E-state index contributed by atoms with van der Waals surface area (Å²) in [5.74, 6) is -0.662. The summed E-state index contributed by atoms with van der Waals surface area (Å²) >= 11 is 0.